The molecule has 0 aromatic heterocycles. The topological polar surface area (TPSA) is 34.1 Å². The van der Waals surface area contributed by atoms with E-state index < -0.39 is 15.9 Å². The molecule has 68 valence electrons. The molecule has 0 N–H and O–H groups in total. The van der Waals surface area contributed by atoms with Crippen molar-refractivity contribution in [1.29, 1.82) is 0 Å². The second-order valence-corrected chi connectivity index (χ2v) is 4.10. The molecule has 0 heterocycles. The van der Waals surface area contributed by atoms with Crippen molar-refractivity contribution in [2.75, 3.05) is 0 Å². The van der Waals surface area contributed by atoms with Gasteiger partial charge in [-0.05, 0) is 28.6 Å². The van der Waals surface area contributed by atoms with Gasteiger partial charge in [0.1, 0.15) is 0 Å². The molecular formula is C8H10Cl2O2. The first-order valence-corrected chi connectivity index (χ1v) is 4.12. The fraction of sp³-hybridized carbons (Fsp3) is 0.500. The van der Waals surface area contributed by atoms with Gasteiger partial charge in [0, 0.05) is 11.6 Å². The molecule has 0 saturated heterocycles. The van der Waals surface area contributed by atoms with Crippen molar-refractivity contribution in [3.05, 3.63) is 11.6 Å². The van der Waals surface area contributed by atoms with E-state index in [1.165, 1.54) is 0 Å². The van der Waals surface area contributed by atoms with E-state index >= 15 is 0 Å². The van der Waals surface area contributed by atoms with Gasteiger partial charge in [-0.25, -0.2) is 0 Å². The minimum atomic E-state index is -0.686. The quantitative estimate of drug-likeness (QED) is 0.517. The highest BCUT2D eigenvalue weighted by molar-refractivity contribution is 6.70. The maximum absolute atomic E-state index is 10.8. The predicted molar refractivity (Wildman–Crippen MR) is 49.3 cm³/mol. The molecule has 0 radical (unpaired) electrons. The van der Waals surface area contributed by atoms with Crippen molar-refractivity contribution in [2.24, 2.45) is 5.41 Å². The van der Waals surface area contributed by atoms with Gasteiger partial charge in [-0.2, -0.15) is 0 Å². The standard InChI is InChI=1S/C8H10Cl2O2/c1-8(2,3)5(7(10)12)4-6(9)11/h4H,1-3H3/b5-4-. The molecule has 12 heavy (non-hydrogen) atoms. The van der Waals surface area contributed by atoms with Crippen LogP contribution in [0.3, 0.4) is 0 Å². The Morgan fingerprint density at radius 3 is 1.67 bits per heavy atom. The largest absolute Gasteiger partial charge is 0.276 e. The van der Waals surface area contributed by atoms with Crippen molar-refractivity contribution >= 4 is 33.7 Å². The molecule has 0 spiro atoms. The van der Waals surface area contributed by atoms with Crippen LogP contribution in [0.15, 0.2) is 11.6 Å². The zero-order valence-electron chi connectivity index (χ0n) is 7.15. The maximum atomic E-state index is 10.8. The number of hydrogen-bond acceptors (Lipinski definition) is 2. The van der Waals surface area contributed by atoms with Crippen LogP contribution < -0.4 is 0 Å². The lowest BCUT2D eigenvalue weighted by Gasteiger charge is -2.18. The second kappa shape index (κ2) is 4.06. The van der Waals surface area contributed by atoms with Crippen LogP contribution in [0.4, 0.5) is 0 Å². The summed E-state index contributed by atoms with van der Waals surface area (Å²) in [5, 5.41) is -1.33. The van der Waals surface area contributed by atoms with Crippen molar-refractivity contribution in [1.82, 2.24) is 0 Å². The molecule has 0 rings (SSSR count). The van der Waals surface area contributed by atoms with Gasteiger partial charge in [0.05, 0.1) is 0 Å². The van der Waals surface area contributed by atoms with Gasteiger partial charge in [0.15, 0.2) is 0 Å². The van der Waals surface area contributed by atoms with Crippen LogP contribution >= 0.6 is 23.2 Å². The lowest BCUT2D eigenvalue weighted by Crippen LogP contribution is -2.15. The van der Waals surface area contributed by atoms with E-state index in [2.05, 4.69) is 0 Å². The minimum Gasteiger partial charge on any atom is -0.276 e. The Labute approximate surface area is 81.5 Å². The normalized spacial score (nSPS) is 12.9. The lowest BCUT2D eigenvalue weighted by atomic mass is 9.87. The van der Waals surface area contributed by atoms with E-state index in [-0.39, 0.29) is 5.57 Å². The third-order valence-electron chi connectivity index (χ3n) is 1.28. The predicted octanol–water partition coefficient (Wildman–Crippen LogP) is 2.49. The fourth-order valence-electron chi connectivity index (χ4n) is 0.682. The first-order chi connectivity index (χ1) is 5.25. The average Bonchev–Trinajstić information content (AvgIpc) is 1.79. The molecule has 0 atom stereocenters. The number of carbonyl (C=O) groups is 2. The summed E-state index contributed by atoms with van der Waals surface area (Å²) in [5.41, 5.74) is -0.229. The molecule has 0 fully saturated rings. The Kier molecular flexibility index (Phi) is 3.94. The van der Waals surface area contributed by atoms with E-state index in [1.54, 1.807) is 20.8 Å². The van der Waals surface area contributed by atoms with E-state index in [4.69, 9.17) is 23.2 Å². The van der Waals surface area contributed by atoms with Gasteiger partial charge in [-0.1, -0.05) is 20.8 Å². The minimum absolute atomic E-state index is 0.226. The van der Waals surface area contributed by atoms with Crippen molar-refractivity contribution in [2.45, 2.75) is 20.8 Å². The van der Waals surface area contributed by atoms with Crippen LogP contribution in [-0.2, 0) is 9.59 Å². The van der Waals surface area contributed by atoms with E-state index in [9.17, 15) is 9.59 Å². The first kappa shape index (κ1) is 11.7. The van der Waals surface area contributed by atoms with Gasteiger partial charge < -0.3 is 0 Å². The number of hydrogen-bond donors (Lipinski definition) is 0. The molecule has 4 heteroatoms. The molecule has 2 nitrogen and oxygen atoms in total. The summed E-state index contributed by atoms with van der Waals surface area (Å²) in [6.07, 6.45) is 1.05. The summed E-state index contributed by atoms with van der Waals surface area (Å²) in [5.74, 6) is 0. The molecule has 0 amide bonds. The Hall–Kier alpha value is -0.340. The van der Waals surface area contributed by atoms with Crippen LogP contribution in [0.5, 0.6) is 0 Å². The molecule has 0 aliphatic heterocycles. The fourth-order valence-corrected chi connectivity index (χ4v) is 1.13. The van der Waals surface area contributed by atoms with Crippen LogP contribution in [0.2, 0.25) is 0 Å². The molecule has 0 aliphatic rings. The molecule has 0 aromatic rings. The third-order valence-corrected chi connectivity index (χ3v) is 1.59. The summed E-state index contributed by atoms with van der Waals surface area (Å²) >= 11 is 10.4. The molecule has 0 aliphatic carbocycles. The highest BCUT2D eigenvalue weighted by atomic mass is 35.5. The lowest BCUT2D eigenvalue weighted by molar-refractivity contribution is -0.111. The smallest absolute Gasteiger partial charge is 0.249 e. The Balaban J connectivity index is 4.94. The Morgan fingerprint density at radius 2 is 1.58 bits per heavy atom. The second-order valence-electron chi connectivity index (χ2n) is 3.39. The summed E-state index contributed by atoms with van der Waals surface area (Å²) in [6.45, 7) is 5.33. The van der Waals surface area contributed by atoms with E-state index in [1.807, 2.05) is 0 Å². The van der Waals surface area contributed by atoms with E-state index in [0.29, 0.717) is 0 Å². The number of rotatable bonds is 2. The van der Waals surface area contributed by atoms with Gasteiger partial charge in [0.25, 0.3) is 0 Å². The van der Waals surface area contributed by atoms with Gasteiger partial charge in [-0.15, -0.1) is 0 Å². The maximum Gasteiger partial charge on any atom is 0.249 e. The summed E-state index contributed by atoms with van der Waals surface area (Å²) in [4.78, 5) is 21.3. The molecule has 0 saturated carbocycles. The molecule has 0 bridgehead atoms. The molecule has 0 aromatic carbocycles. The van der Waals surface area contributed by atoms with Crippen molar-refractivity contribution in [3.8, 4) is 0 Å². The van der Waals surface area contributed by atoms with Crippen LogP contribution in [0.1, 0.15) is 20.8 Å². The van der Waals surface area contributed by atoms with Gasteiger partial charge in [-0.3, -0.25) is 9.59 Å². The highest BCUT2D eigenvalue weighted by Crippen LogP contribution is 2.27. The van der Waals surface area contributed by atoms with Crippen LogP contribution in [-0.4, -0.2) is 10.5 Å². The van der Waals surface area contributed by atoms with E-state index in [0.717, 1.165) is 6.08 Å². The van der Waals surface area contributed by atoms with Crippen molar-refractivity contribution in [3.63, 3.8) is 0 Å². The number of carbonyl (C=O) groups excluding carboxylic acids is 2. The summed E-state index contributed by atoms with van der Waals surface area (Å²) in [7, 11) is 0. The number of allylic oxidation sites excluding steroid dienone is 2. The van der Waals surface area contributed by atoms with Gasteiger partial charge in [0.2, 0.25) is 10.5 Å². The zero-order valence-corrected chi connectivity index (χ0v) is 8.66. The summed E-state index contributed by atoms with van der Waals surface area (Å²) < 4.78 is 0. The first-order valence-electron chi connectivity index (χ1n) is 3.36. The van der Waals surface area contributed by atoms with Crippen LogP contribution in [0, 0.1) is 5.41 Å². The SMILES string of the molecule is CC(C)(C)/C(=C\C(=O)Cl)C(=O)Cl. The zero-order chi connectivity index (χ0) is 9.94. The highest BCUT2D eigenvalue weighted by Gasteiger charge is 2.22. The Morgan fingerprint density at radius 1 is 1.17 bits per heavy atom. The van der Waals surface area contributed by atoms with Crippen molar-refractivity contribution < 1.29 is 9.59 Å². The third kappa shape index (κ3) is 3.88. The van der Waals surface area contributed by atoms with Crippen LogP contribution in [0.25, 0.3) is 0 Å². The van der Waals surface area contributed by atoms with Gasteiger partial charge >= 0.3 is 0 Å². The molecule has 0 unspecified atom stereocenters. The average molecular weight is 209 g/mol. The Bertz CT molecular complexity index is 236. The number of halogens is 2. The molecular weight excluding hydrogens is 199 g/mol. The monoisotopic (exact) mass is 208 g/mol. The summed E-state index contributed by atoms with van der Waals surface area (Å²) in [6, 6.07) is 0.